The largest absolute Gasteiger partial charge is 0.416 e. The van der Waals surface area contributed by atoms with E-state index in [4.69, 9.17) is 0 Å². The molecule has 5 aliphatic rings. The third kappa shape index (κ3) is 3.79. The number of rotatable bonds is 2. The van der Waals surface area contributed by atoms with Crippen LogP contribution >= 0.6 is 15.9 Å². The molecule has 6 rings (SSSR count). The molecule has 0 N–H and O–H groups in total. The zero-order valence-electron chi connectivity index (χ0n) is 17.3. The maximum atomic E-state index is 13.6. The second-order valence-electron chi connectivity index (χ2n) is 10.1. The minimum absolute atomic E-state index is 0.118. The molecule has 31 heavy (non-hydrogen) atoms. The maximum absolute atomic E-state index is 13.6. The molecule has 2 amide bonds. The lowest BCUT2D eigenvalue weighted by atomic mass is 9.49. The number of carbonyl (C=O) groups excluding carboxylic acids is 2. The van der Waals surface area contributed by atoms with Gasteiger partial charge >= 0.3 is 6.18 Å². The first-order valence-corrected chi connectivity index (χ1v) is 11.8. The SMILES string of the molecule is O=C(c1ccc(C(F)(F)F)cc1)N1CCN(C(=O)C23CC4CC(CC(Br)(C4)C2)C3)CC1. The molecule has 2 unspecified atom stereocenters. The minimum Gasteiger partial charge on any atom is -0.339 e. The summed E-state index contributed by atoms with van der Waals surface area (Å²) in [5.74, 6) is 1.22. The van der Waals surface area contributed by atoms with Crippen LogP contribution in [0.25, 0.3) is 0 Å². The Hall–Kier alpha value is -1.57. The highest BCUT2D eigenvalue weighted by Crippen LogP contribution is 2.64. The van der Waals surface area contributed by atoms with Crippen LogP contribution in [0, 0.1) is 17.3 Å². The highest BCUT2D eigenvalue weighted by molar-refractivity contribution is 9.10. The molecule has 5 fully saturated rings. The van der Waals surface area contributed by atoms with Crippen molar-refractivity contribution in [2.75, 3.05) is 26.2 Å². The minimum atomic E-state index is -4.42. The number of nitrogens with zero attached hydrogens (tertiary/aromatic N) is 2. The van der Waals surface area contributed by atoms with Crippen LogP contribution in [0.3, 0.4) is 0 Å². The highest BCUT2D eigenvalue weighted by Gasteiger charge is 2.60. The van der Waals surface area contributed by atoms with Crippen molar-refractivity contribution in [1.82, 2.24) is 9.80 Å². The number of alkyl halides is 4. The number of carbonyl (C=O) groups is 2. The Labute approximate surface area is 188 Å². The summed E-state index contributed by atoms with van der Waals surface area (Å²) in [5, 5.41) is 0. The average molecular weight is 499 g/mol. The van der Waals surface area contributed by atoms with Crippen LogP contribution in [0.1, 0.15) is 54.4 Å². The van der Waals surface area contributed by atoms with Gasteiger partial charge in [-0.1, -0.05) is 15.9 Å². The van der Waals surface area contributed by atoms with E-state index in [-0.39, 0.29) is 27.1 Å². The molecule has 1 aromatic carbocycles. The fourth-order valence-corrected chi connectivity index (χ4v) is 8.29. The third-order valence-corrected chi connectivity index (χ3v) is 8.68. The van der Waals surface area contributed by atoms with Crippen molar-refractivity contribution in [1.29, 1.82) is 0 Å². The summed E-state index contributed by atoms with van der Waals surface area (Å²) >= 11 is 3.96. The number of hydrogen-bond donors (Lipinski definition) is 0. The van der Waals surface area contributed by atoms with E-state index >= 15 is 0 Å². The van der Waals surface area contributed by atoms with Gasteiger partial charge in [-0.2, -0.15) is 13.2 Å². The predicted molar refractivity (Wildman–Crippen MR) is 113 cm³/mol. The molecule has 8 heteroatoms. The van der Waals surface area contributed by atoms with E-state index in [2.05, 4.69) is 15.9 Å². The van der Waals surface area contributed by atoms with Crippen molar-refractivity contribution >= 4 is 27.7 Å². The van der Waals surface area contributed by atoms with Gasteiger partial charge in [0.15, 0.2) is 0 Å². The molecule has 4 bridgehead atoms. The monoisotopic (exact) mass is 498 g/mol. The lowest BCUT2D eigenvalue weighted by Crippen LogP contribution is -2.61. The Morgan fingerprint density at radius 1 is 0.903 bits per heavy atom. The number of halogens is 4. The first kappa shape index (κ1) is 21.3. The van der Waals surface area contributed by atoms with Gasteiger partial charge in [0.2, 0.25) is 5.91 Å². The maximum Gasteiger partial charge on any atom is 0.416 e. The Balaban J connectivity index is 1.23. The van der Waals surface area contributed by atoms with E-state index < -0.39 is 11.7 Å². The fourth-order valence-electron chi connectivity index (χ4n) is 6.83. The van der Waals surface area contributed by atoms with E-state index in [0.29, 0.717) is 38.0 Å². The zero-order valence-corrected chi connectivity index (χ0v) is 18.8. The first-order chi connectivity index (χ1) is 14.6. The summed E-state index contributed by atoms with van der Waals surface area (Å²) in [5.41, 5.74) is -0.776. The van der Waals surface area contributed by atoms with Gasteiger partial charge in [0.05, 0.1) is 11.0 Å². The van der Waals surface area contributed by atoms with Crippen LogP contribution in [-0.2, 0) is 11.0 Å². The summed E-state index contributed by atoms with van der Waals surface area (Å²) in [7, 11) is 0. The van der Waals surface area contributed by atoms with Crippen LogP contribution < -0.4 is 0 Å². The smallest absolute Gasteiger partial charge is 0.339 e. The lowest BCUT2D eigenvalue weighted by molar-refractivity contribution is -0.157. The van der Waals surface area contributed by atoms with Crippen LogP contribution in [0.5, 0.6) is 0 Å². The molecule has 1 aromatic rings. The van der Waals surface area contributed by atoms with Gasteiger partial charge in [0, 0.05) is 36.1 Å². The number of hydrogen-bond acceptors (Lipinski definition) is 2. The summed E-state index contributed by atoms with van der Waals surface area (Å²) in [6.45, 7) is 1.79. The molecule has 4 saturated carbocycles. The van der Waals surface area contributed by atoms with Crippen LogP contribution in [0.4, 0.5) is 13.2 Å². The van der Waals surface area contributed by atoms with Crippen molar-refractivity contribution in [3.05, 3.63) is 35.4 Å². The molecule has 0 spiro atoms. The number of amides is 2. The van der Waals surface area contributed by atoms with E-state index in [1.165, 1.54) is 31.4 Å². The Bertz CT molecular complexity index is 879. The summed E-state index contributed by atoms with van der Waals surface area (Å²) in [6.07, 6.45) is 2.06. The molecule has 1 aliphatic heterocycles. The zero-order chi connectivity index (χ0) is 22.0. The second kappa shape index (κ2) is 7.22. The van der Waals surface area contributed by atoms with Gasteiger partial charge in [-0.15, -0.1) is 0 Å². The van der Waals surface area contributed by atoms with Crippen LogP contribution in [0.2, 0.25) is 0 Å². The average Bonchev–Trinajstić information content (AvgIpc) is 2.70. The molecule has 1 saturated heterocycles. The first-order valence-electron chi connectivity index (χ1n) is 11.0. The molecule has 4 aliphatic carbocycles. The second-order valence-corrected chi connectivity index (χ2v) is 11.7. The number of benzene rings is 1. The summed E-state index contributed by atoms with van der Waals surface area (Å²) < 4.78 is 38.4. The van der Waals surface area contributed by atoms with E-state index in [9.17, 15) is 22.8 Å². The van der Waals surface area contributed by atoms with E-state index in [1.54, 1.807) is 4.90 Å². The van der Waals surface area contributed by atoms with Gasteiger partial charge < -0.3 is 9.80 Å². The predicted octanol–water partition coefficient (Wildman–Crippen LogP) is 4.72. The van der Waals surface area contributed by atoms with Gasteiger partial charge in [0.25, 0.3) is 5.91 Å². The molecule has 2 atom stereocenters. The van der Waals surface area contributed by atoms with E-state index in [0.717, 1.165) is 31.4 Å². The van der Waals surface area contributed by atoms with Crippen molar-refractivity contribution in [2.24, 2.45) is 17.3 Å². The molecule has 168 valence electrons. The topological polar surface area (TPSA) is 40.6 Å². The molecular formula is C23H26BrF3N2O2. The van der Waals surface area contributed by atoms with Crippen molar-refractivity contribution < 1.29 is 22.8 Å². The van der Waals surface area contributed by atoms with Gasteiger partial charge in [-0.05, 0) is 74.6 Å². The van der Waals surface area contributed by atoms with E-state index in [1.807, 2.05) is 4.90 Å². The van der Waals surface area contributed by atoms with Crippen molar-refractivity contribution in [3.8, 4) is 0 Å². The quantitative estimate of drug-likeness (QED) is 0.553. The van der Waals surface area contributed by atoms with Crippen LogP contribution in [-0.4, -0.2) is 52.1 Å². The van der Waals surface area contributed by atoms with Crippen molar-refractivity contribution in [3.63, 3.8) is 0 Å². The third-order valence-electron chi connectivity index (χ3n) is 7.76. The standard InChI is InChI=1S/C23H26BrF3N2O2/c24-22-12-15-9-16(13-22)11-21(10-15,14-22)20(31)29-7-5-28(6-8-29)19(30)17-1-3-18(4-2-17)23(25,26)27/h1-4,15-16H,5-14H2. The van der Waals surface area contributed by atoms with Gasteiger partial charge in [-0.3, -0.25) is 9.59 Å². The molecule has 0 aromatic heterocycles. The van der Waals surface area contributed by atoms with Crippen LogP contribution in [0.15, 0.2) is 24.3 Å². The fraction of sp³-hybridized carbons (Fsp3) is 0.652. The van der Waals surface area contributed by atoms with Gasteiger partial charge in [-0.25, -0.2) is 0 Å². The summed E-state index contributed by atoms with van der Waals surface area (Å²) in [6, 6.07) is 4.34. The molecule has 0 radical (unpaired) electrons. The summed E-state index contributed by atoms with van der Waals surface area (Å²) in [4.78, 5) is 29.9. The normalized spacial score (nSPS) is 34.8. The molecular weight excluding hydrogens is 473 g/mol. The molecule has 4 nitrogen and oxygen atoms in total. The lowest BCUT2D eigenvalue weighted by Gasteiger charge is -2.60. The number of piperazine rings is 1. The highest BCUT2D eigenvalue weighted by atomic mass is 79.9. The Morgan fingerprint density at radius 3 is 1.97 bits per heavy atom. The van der Waals surface area contributed by atoms with Crippen molar-refractivity contribution in [2.45, 2.75) is 49.0 Å². The molecule has 1 heterocycles. The van der Waals surface area contributed by atoms with Gasteiger partial charge in [0.1, 0.15) is 0 Å². The Kier molecular flexibility index (Phi) is 4.96. The Morgan fingerprint density at radius 2 is 1.45 bits per heavy atom.